The van der Waals surface area contributed by atoms with Crippen LogP contribution >= 0.6 is 0 Å². The second-order valence-electron chi connectivity index (χ2n) is 6.89. The van der Waals surface area contributed by atoms with Gasteiger partial charge in [-0.1, -0.05) is 18.2 Å². The fourth-order valence-corrected chi connectivity index (χ4v) is 4.70. The smallest absolute Gasteiger partial charge is 0.416 e. The summed E-state index contributed by atoms with van der Waals surface area (Å²) in [6.45, 7) is 1.80. The summed E-state index contributed by atoms with van der Waals surface area (Å²) in [6, 6.07) is 10.6. The average molecular weight is 442 g/mol. The highest BCUT2D eigenvalue weighted by atomic mass is 32.2. The Morgan fingerprint density at radius 2 is 1.67 bits per heavy atom. The molecule has 1 fully saturated rings. The van der Waals surface area contributed by atoms with Gasteiger partial charge in [-0.2, -0.15) is 17.5 Å². The molecular weight excluding hydrogens is 421 g/mol. The van der Waals surface area contributed by atoms with E-state index in [1.54, 1.807) is 0 Å². The van der Waals surface area contributed by atoms with Crippen molar-refractivity contribution in [3.63, 3.8) is 0 Å². The van der Waals surface area contributed by atoms with Crippen LogP contribution in [-0.2, 0) is 27.5 Å². The predicted octanol–water partition coefficient (Wildman–Crippen LogP) is 3.00. The van der Waals surface area contributed by atoms with Crippen LogP contribution in [0.25, 0.3) is 0 Å². The number of esters is 1. The number of nitrogens with zero attached hydrogens (tertiary/aromatic N) is 2. The Balaban J connectivity index is 1.63. The van der Waals surface area contributed by atoms with E-state index in [1.807, 2.05) is 4.90 Å². The molecule has 1 saturated heterocycles. The van der Waals surface area contributed by atoms with Crippen LogP contribution in [0.3, 0.4) is 0 Å². The summed E-state index contributed by atoms with van der Waals surface area (Å²) in [4.78, 5) is 13.7. The Kier molecular flexibility index (Phi) is 6.49. The molecule has 1 aliphatic rings. The number of carbonyl (C=O) groups excluding carboxylic acids is 1. The topological polar surface area (TPSA) is 66.9 Å². The highest BCUT2D eigenvalue weighted by molar-refractivity contribution is 7.89. The molecule has 0 atom stereocenters. The number of piperazine rings is 1. The molecule has 0 saturated carbocycles. The molecule has 1 heterocycles. The van der Waals surface area contributed by atoms with Gasteiger partial charge in [-0.3, -0.25) is 4.90 Å². The molecule has 6 nitrogen and oxygen atoms in total. The first-order valence-corrected chi connectivity index (χ1v) is 10.6. The van der Waals surface area contributed by atoms with Gasteiger partial charge in [0, 0.05) is 32.7 Å². The maximum absolute atomic E-state index is 12.9. The molecule has 0 radical (unpaired) electrons. The van der Waals surface area contributed by atoms with E-state index < -0.39 is 27.7 Å². The zero-order chi connectivity index (χ0) is 21.9. The Morgan fingerprint density at radius 1 is 1.03 bits per heavy atom. The minimum absolute atomic E-state index is 0.0154. The highest BCUT2D eigenvalue weighted by Gasteiger charge is 2.31. The number of alkyl halides is 3. The second kappa shape index (κ2) is 8.75. The second-order valence-corrected chi connectivity index (χ2v) is 8.83. The lowest BCUT2D eigenvalue weighted by atomic mass is 10.1. The van der Waals surface area contributed by atoms with E-state index in [0.29, 0.717) is 19.6 Å². The molecule has 162 valence electrons. The van der Waals surface area contributed by atoms with Gasteiger partial charge in [-0.15, -0.1) is 0 Å². The van der Waals surface area contributed by atoms with Crippen LogP contribution in [0.1, 0.15) is 21.5 Å². The lowest BCUT2D eigenvalue weighted by Crippen LogP contribution is -2.48. The zero-order valence-electron chi connectivity index (χ0n) is 16.2. The first-order valence-electron chi connectivity index (χ1n) is 9.18. The quantitative estimate of drug-likeness (QED) is 0.666. The summed E-state index contributed by atoms with van der Waals surface area (Å²) in [7, 11) is -2.55. The van der Waals surface area contributed by atoms with E-state index >= 15 is 0 Å². The highest BCUT2D eigenvalue weighted by Crippen LogP contribution is 2.29. The van der Waals surface area contributed by atoms with Gasteiger partial charge in [0.25, 0.3) is 0 Å². The number of hydrogen-bond donors (Lipinski definition) is 0. The Morgan fingerprint density at radius 3 is 2.23 bits per heavy atom. The summed E-state index contributed by atoms with van der Waals surface area (Å²) in [5.74, 6) is -0.617. The van der Waals surface area contributed by atoms with Crippen molar-refractivity contribution in [1.82, 2.24) is 9.21 Å². The van der Waals surface area contributed by atoms with Crippen molar-refractivity contribution in [3.05, 3.63) is 65.2 Å². The van der Waals surface area contributed by atoms with E-state index in [9.17, 15) is 26.4 Å². The van der Waals surface area contributed by atoms with Crippen LogP contribution in [0.15, 0.2) is 53.4 Å². The molecule has 3 rings (SSSR count). The number of carbonyl (C=O) groups is 1. The molecule has 0 amide bonds. The average Bonchev–Trinajstić information content (AvgIpc) is 2.73. The molecule has 0 aromatic heterocycles. The maximum atomic E-state index is 12.9. The third kappa shape index (κ3) is 5.00. The summed E-state index contributed by atoms with van der Waals surface area (Å²) in [5, 5.41) is 0. The third-order valence-electron chi connectivity index (χ3n) is 4.91. The van der Waals surface area contributed by atoms with Gasteiger partial charge in [0.15, 0.2) is 0 Å². The maximum Gasteiger partial charge on any atom is 0.416 e. The van der Waals surface area contributed by atoms with Crippen molar-refractivity contribution >= 4 is 16.0 Å². The molecule has 10 heteroatoms. The van der Waals surface area contributed by atoms with Crippen molar-refractivity contribution < 1.29 is 31.1 Å². The Labute approximate surface area is 172 Å². The Hall–Kier alpha value is -2.43. The summed E-state index contributed by atoms with van der Waals surface area (Å²) in [5.41, 5.74) is 0.181. The Bertz CT molecular complexity index is 999. The minimum Gasteiger partial charge on any atom is -0.465 e. The normalized spacial score (nSPS) is 16.4. The number of ether oxygens (including phenoxy) is 1. The van der Waals surface area contributed by atoms with Gasteiger partial charge in [0.1, 0.15) is 0 Å². The molecule has 0 bridgehead atoms. The molecule has 0 unspecified atom stereocenters. The van der Waals surface area contributed by atoms with Gasteiger partial charge >= 0.3 is 12.1 Å². The first-order chi connectivity index (χ1) is 14.1. The molecule has 2 aromatic rings. The van der Waals surface area contributed by atoms with Crippen LogP contribution in [0.5, 0.6) is 0 Å². The lowest BCUT2D eigenvalue weighted by molar-refractivity contribution is -0.137. The van der Waals surface area contributed by atoms with E-state index in [0.717, 1.165) is 17.7 Å². The fourth-order valence-electron chi connectivity index (χ4n) is 3.24. The van der Waals surface area contributed by atoms with Crippen LogP contribution in [0.2, 0.25) is 0 Å². The van der Waals surface area contributed by atoms with Gasteiger partial charge in [-0.05, 0) is 35.9 Å². The molecule has 1 aliphatic heterocycles. The van der Waals surface area contributed by atoms with Gasteiger partial charge in [0.2, 0.25) is 10.0 Å². The number of sulfonamides is 1. The van der Waals surface area contributed by atoms with E-state index in [-0.39, 0.29) is 23.5 Å². The summed E-state index contributed by atoms with van der Waals surface area (Å²) < 4.78 is 69.8. The summed E-state index contributed by atoms with van der Waals surface area (Å²) in [6.07, 6.45) is -4.37. The van der Waals surface area contributed by atoms with Crippen LogP contribution in [-0.4, -0.2) is 56.9 Å². The standard InChI is InChI=1S/C20H21F3N2O4S/c1-29-19(26)16-3-2-4-18(13-16)30(27,28)25-11-9-24(10-12-25)14-15-5-7-17(8-6-15)20(21,22)23/h2-8,13H,9-12,14H2,1H3. The number of rotatable bonds is 5. The zero-order valence-corrected chi connectivity index (χ0v) is 17.0. The monoisotopic (exact) mass is 442 g/mol. The van der Waals surface area contributed by atoms with Crippen LogP contribution < -0.4 is 0 Å². The molecule has 30 heavy (non-hydrogen) atoms. The predicted molar refractivity (Wildman–Crippen MR) is 103 cm³/mol. The molecule has 0 N–H and O–H groups in total. The number of hydrogen-bond acceptors (Lipinski definition) is 5. The van der Waals surface area contributed by atoms with Gasteiger partial charge in [0.05, 0.1) is 23.1 Å². The number of benzene rings is 2. The molecule has 0 aliphatic carbocycles. The first kappa shape index (κ1) is 22.3. The van der Waals surface area contributed by atoms with Crippen molar-refractivity contribution in [2.45, 2.75) is 17.6 Å². The fraction of sp³-hybridized carbons (Fsp3) is 0.350. The molecular formula is C20H21F3N2O4S. The third-order valence-corrected chi connectivity index (χ3v) is 6.81. The molecule has 2 aromatic carbocycles. The SMILES string of the molecule is COC(=O)c1cccc(S(=O)(=O)N2CCN(Cc3ccc(C(F)(F)F)cc3)CC2)c1. The van der Waals surface area contributed by atoms with Crippen LogP contribution in [0.4, 0.5) is 13.2 Å². The van der Waals surface area contributed by atoms with E-state index in [4.69, 9.17) is 0 Å². The van der Waals surface area contributed by atoms with Crippen molar-refractivity contribution in [1.29, 1.82) is 0 Å². The number of methoxy groups -OCH3 is 1. The lowest BCUT2D eigenvalue weighted by Gasteiger charge is -2.34. The van der Waals surface area contributed by atoms with Crippen molar-refractivity contribution in [3.8, 4) is 0 Å². The molecule has 0 spiro atoms. The minimum atomic E-state index is -4.37. The van der Waals surface area contributed by atoms with Gasteiger partial charge < -0.3 is 4.74 Å². The van der Waals surface area contributed by atoms with Crippen molar-refractivity contribution in [2.75, 3.05) is 33.3 Å². The van der Waals surface area contributed by atoms with Crippen LogP contribution in [0, 0.1) is 0 Å². The summed E-state index contributed by atoms with van der Waals surface area (Å²) >= 11 is 0. The van der Waals surface area contributed by atoms with E-state index in [2.05, 4.69) is 4.74 Å². The largest absolute Gasteiger partial charge is 0.465 e. The van der Waals surface area contributed by atoms with E-state index in [1.165, 1.54) is 47.8 Å². The van der Waals surface area contributed by atoms with Crippen molar-refractivity contribution in [2.24, 2.45) is 0 Å². The number of halogens is 3. The van der Waals surface area contributed by atoms with Gasteiger partial charge in [-0.25, -0.2) is 13.2 Å².